The quantitative estimate of drug-likeness (QED) is 0.367. The molecular formula is C13H9O2Y-. The summed E-state index contributed by atoms with van der Waals surface area (Å²) in [7, 11) is 0. The topological polar surface area (TPSA) is 26.3 Å². The zero-order valence-electron chi connectivity index (χ0n) is 8.64. The van der Waals surface area contributed by atoms with Crippen molar-refractivity contribution in [3.63, 3.8) is 0 Å². The Balaban J connectivity index is 0.00000128. The Morgan fingerprint density at radius 3 is 2.50 bits per heavy atom. The molecule has 16 heavy (non-hydrogen) atoms. The van der Waals surface area contributed by atoms with E-state index in [0.29, 0.717) is 5.75 Å². The summed E-state index contributed by atoms with van der Waals surface area (Å²) >= 11 is 0. The van der Waals surface area contributed by atoms with Crippen molar-refractivity contribution in [1.82, 2.24) is 0 Å². The van der Waals surface area contributed by atoms with E-state index in [1.165, 1.54) is 0 Å². The van der Waals surface area contributed by atoms with Crippen LogP contribution in [0, 0.1) is 6.08 Å². The number of hydrogen-bond acceptors (Lipinski definition) is 2. The normalized spacial score (nSPS) is 9.25. The fraction of sp³-hybridized carbons (Fsp3) is 0. The minimum Gasteiger partial charge on any atom is -0.454 e. The fourth-order valence-electron chi connectivity index (χ4n) is 1.37. The second-order valence-electron chi connectivity index (χ2n) is 3.08. The van der Waals surface area contributed by atoms with Crippen molar-refractivity contribution in [2.75, 3.05) is 0 Å². The Bertz CT molecular complexity index is 520. The first-order chi connectivity index (χ1) is 7.29. The average Bonchev–Trinajstić information content (AvgIpc) is 2.29. The minimum atomic E-state index is -0.565. The Labute approximate surface area is 119 Å². The molecule has 77 valence electrons. The maximum atomic E-state index is 10.9. The van der Waals surface area contributed by atoms with Crippen LogP contribution in [0.1, 0.15) is 0 Å². The van der Waals surface area contributed by atoms with Gasteiger partial charge in [-0.15, -0.1) is 0 Å². The van der Waals surface area contributed by atoms with E-state index < -0.39 is 5.97 Å². The molecule has 0 amide bonds. The van der Waals surface area contributed by atoms with Gasteiger partial charge in [-0.3, -0.25) is 11.4 Å². The van der Waals surface area contributed by atoms with Crippen molar-refractivity contribution >= 4 is 16.7 Å². The molecule has 0 saturated carbocycles. The Morgan fingerprint density at radius 1 is 1.12 bits per heavy atom. The number of rotatable bonds is 2. The van der Waals surface area contributed by atoms with E-state index in [-0.39, 0.29) is 32.7 Å². The molecule has 0 aliphatic rings. The van der Waals surface area contributed by atoms with Gasteiger partial charge >= 0.3 is 0 Å². The van der Waals surface area contributed by atoms with E-state index in [4.69, 9.17) is 4.74 Å². The van der Waals surface area contributed by atoms with E-state index in [1.54, 1.807) is 6.07 Å². The Hall–Kier alpha value is -0.986. The molecule has 0 spiro atoms. The summed E-state index contributed by atoms with van der Waals surface area (Å²) in [6.45, 7) is 3.22. The molecule has 2 rings (SSSR count). The van der Waals surface area contributed by atoms with E-state index in [0.717, 1.165) is 10.8 Å². The molecule has 0 fully saturated rings. The third-order valence-corrected chi connectivity index (χ3v) is 2.08. The van der Waals surface area contributed by atoms with Crippen LogP contribution in [0.3, 0.4) is 0 Å². The van der Waals surface area contributed by atoms with Gasteiger partial charge in [0.2, 0.25) is 0 Å². The summed E-state index contributed by atoms with van der Waals surface area (Å²) in [4.78, 5) is 10.9. The number of carbonyl (C=O) groups is 1. The molecule has 3 heteroatoms. The number of esters is 1. The van der Waals surface area contributed by atoms with Gasteiger partial charge in [-0.25, -0.2) is 0 Å². The second kappa shape index (κ2) is 5.93. The van der Waals surface area contributed by atoms with Crippen molar-refractivity contribution in [2.45, 2.75) is 0 Å². The van der Waals surface area contributed by atoms with Gasteiger partial charge in [-0.1, -0.05) is 30.3 Å². The van der Waals surface area contributed by atoms with Crippen LogP contribution in [0.5, 0.6) is 5.75 Å². The number of hydrogen-bond donors (Lipinski definition) is 0. The fourth-order valence-corrected chi connectivity index (χ4v) is 1.37. The number of fused-ring (bicyclic) bond motifs is 1. The van der Waals surface area contributed by atoms with Crippen molar-refractivity contribution in [2.24, 2.45) is 0 Å². The van der Waals surface area contributed by atoms with E-state index in [9.17, 15) is 4.79 Å². The van der Waals surface area contributed by atoms with Gasteiger partial charge in [-0.05, 0) is 22.9 Å². The molecule has 0 N–H and O–H groups in total. The molecule has 1 radical (unpaired) electrons. The molecular weight excluding hydrogens is 277 g/mol. The van der Waals surface area contributed by atoms with Gasteiger partial charge in [0.25, 0.3) is 0 Å². The standard InChI is InChI=1S/C13H9O2.Y/c1-2-13(14)15-12-8-7-10-5-3-4-6-11(10)9-12;/h3-9H,1H2;/q-1;. The van der Waals surface area contributed by atoms with Crippen LogP contribution in [0.4, 0.5) is 0 Å². The van der Waals surface area contributed by atoms with E-state index >= 15 is 0 Å². The summed E-state index contributed by atoms with van der Waals surface area (Å²) in [5.74, 6) is -0.0554. The van der Waals surface area contributed by atoms with Crippen LogP contribution in [-0.2, 0) is 37.5 Å². The minimum absolute atomic E-state index is 0. The maximum Gasteiger partial charge on any atom is 0.155 e. The Kier molecular flexibility index (Phi) is 4.84. The van der Waals surface area contributed by atoms with Crippen LogP contribution >= 0.6 is 0 Å². The predicted molar refractivity (Wildman–Crippen MR) is 58.5 cm³/mol. The van der Waals surface area contributed by atoms with Crippen molar-refractivity contribution in [3.05, 3.63) is 55.1 Å². The van der Waals surface area contributed by atoms with Crippen molar-refractivity contribution in [3.8, 4) is 5.75 Å². The van der Waals surface area contributed by atoms with Gasteiger partial charge in [0, 0.05) is 32.7 Å². The molecule has 0 unspecified atom stereocenters. The molecule has 2 aromatic rings. The first-order valence-corrected chi connectivity index (χ1v) is 4.53. The smallest absolute Gasteiger partial charge is 0.155 e. The molecule has 0 atom stereocenters. The van der Waals surface area contributed by atoms with E-state index in [2.05, 4.69) is 12.7 Å². The maximum absolute atomic E-state index is 10.9. The molecule has 0 aromatic heterocycles. The van der Waals surface area contributed by atoms with Crippen LogP contribution < -0.4 is 4.74 Å². The van der Waals surface area contributed by atoms with Crippen molar-refractivity contribution in [1.29, 1.82) is 0 Å². The first kappa shape index (κ1) is 13.1. The number of ether oxygens (including phenoxy) is 1. The molecule has 2 aromatic carbocycles. The summed E-state index contributed by atoms with van der Waals surface area (Å²) in [5.41, 5.74) is 0. The molecule has 0 bridgehead atoms. The summed E-state index contributed by atoms with van der Waals surface area (Å²) in [5, 5.41) is 2.15. The predicted octanol–water partition coefficient (Wildman–Crippen LogP) is 2.73. The van der Waals surface area contributed by atoms with Gasteiger partial charge in [0.05, 0.1) is 0 Å². The molecule has 0 heterocycles. The van der Waals surface area contributed by atoms with Crippen LogP contribution in [0.25, 0.3) is 10.8 Å². The molecule has 0 aliphatic carbocycles. The zero-order valence-corrected chi connectivity index (χ0v) is 11.5. The number of benzene rings is 2. The van der Waals surface area contributed by atoms with Crippen molar-refractivity contribution < 1.29 is 42.2 Å². The first-order valence-electron chi connectivity index (χ1n) is 4.53. The van der Waals surface area contributed by atoms with Crippen LogP contribution in [-0.4, -0.2) is 5.97 Å². The summed E-state index contributed by atoms with van der Waals surface area (Å²) in [6, 6.07) is 13.3. The molecule has 2 nitrogen and oxygen atoms in total. The third-order valence-electron chi connectivity index (χ3n) is 2.08. The number of carbonyl (C=O) groups excluding carboxylic acids is 1. The monoisotopic (exact) mass is 286 g/mol. The average molecular weight is 286 g/mol. The van der Waals surface area contributed by atoms with E-state index in [1.807, 2.05) is 36.4 Å². The molecule has 0 aliphatic heterocycles. The molecule has 0 saturated heterocycles. The van der Waals surface area contributed by atoms with Crippen LogP contribution in [0.2, 0.25) is 0 Å². The third kappa shape index (κ3) is 3.00. The summed E-state index contributed by atoms with van der Waals surface area (Å²) in [6.07, 6.45) is 2.15. The van der Waals surface area contributed by atoms with Gasteiger partial charge in [-0.2, -0.15) is 0 Å². The van der Waals surface area contributed by atoms with Gasteiger partial charge < -0.3 is 10.8 Å². The van der Waals surface area contributed by atoms with Gasteiger partial charge in [0.15, 0.2) is 5.97 Å². The summed E-state index contributed by atoms with van der Waals surface area (Å²) < 4.78 is 4.96. The Morgan fingerprint density at radius 2 is 1.81 bits per heavy atom. The SMILES string of the molecule is C=[C-]C(=O)Oc1ccc2ccccc2c1.[Y]. The van der Waals surface area contributed by atoms with Crippen LogP contribution in [0.15, 0.2) is 49.0 Å². The zero-order chi connectivity index (χ0) is 10.7. The van der Waals surface area contributed by atoms with Gasteiger partial charge in [0.1, 0.15) is 5.75 Å². The second-order valence-corrected chi connectivity index (χ2v) is 3.08. The largest absolute Gasteiger partial charge is 0.454 e.